The molecule has 102 valence electrons. The van der Waals surface area contributed by atoms with Crippen LogP contribution in [0.4, 0.5) is 0 Å². The van der Waals surface area contributed by atoms with Crippen molar-refractivity contribution in [3.05, 3.63) is 42.5 Å². The average Bonchev–Trinajstić information content (AvgIpc) is 2.91. The summed E-state index contributed by atoms with van der Waals surface area (Å²) < 4.78 is 5.18. The first-order chi connectivity index (χ1) is 9.81. The minimum absolute atomic E-state index is 0.857. The van der Waals surface area contributed by atoms with Crippen molar-refractivity contribution in [1.82, 2.24) is 15.0 Å². The van der Waals surface area contributed by atoms with Gasteiger partial charge in [-0.1, -0.05) is 19.1 Å². The van der Waals surface area contributed by atoms with E-state index < -0.39 is 0 Å². The van der Waals surface area contributed by atoms with Gasteiger partial charge in [-0.15, -0.1) is 0 Å². The van der Waals surface area contributed by atoms with E-state index in [0.717, 1.165) is 46.6 Å². The van der Waals surface area contributed by atoms with E-state index >= 15 is 0 Å². The number of hydrogen-bond donors (Lipinski definition) is 1. The fourth-order valence-corrected chi connectivity index (χ4v) is 2.30. The van der Waals surface area contributed by atoms with Crippen molar-refractivity contribution in [2.24, 2.45) is 0 Å². The molecule has 0 unspecified atom stereocenters. The Hall–Kier alpha value is -2.36. The molecule has 20 heavy (non-hydrogen) atoms. The Morgan fingerprint density at radius 1 is 1.20 bits per heavy atom. The Balaban J connectivity index is 2.02. The van der Waals surface area contributed by atoms with Gasteiger partial charge in [-0.25, -0.2) is 9.97 Å². The Bertz CT molecular complexity index is 716. The lowest BCUT2D eigenvalue weighted by Crippen LogP contribution is -1.93. The minimum atomic E-state index is 0.857. The highest BCUT2D eigenvalue weighted by molar-refractivity contribution is 5.93. The highest BCUT2D eigenvalue weighted by Crippen LogP contribution is 2.28. The summed E-state index contributed by atoms with van der Waals surface area (Å²) in [5, 5.41) is 1.05. The number of hydrogen-bond acceptors (Lipinski definition) is 3. The Kier molecular flexibility index (Phi) is 3.37. The molecule has 3 rings (SSSR count). The number of aromatic nitrogens is 3. The molecule has 0 radical (unpaired) electrons. The van der Waals surface area contributed by atoms with Crippen molar-refractivity contribution in [2.45, 2.75) is 19.8 Å². The molecule has 0 aliphatic heterocycles. The van der Waals surface area contributed by atoms with Crippen LogP contribution in [0.5, 0.6) is 5.75 Å². The molecule has 0 spiro atoms. The number of nitrogens with one attached hydrogen (secondary N) is 1. The second kappa shape index (κ2) is 5.33. The van der Waals surface area contributed by atoms with Gasteiger partial charge in [0.25, 0.3) is 0 Å². The smallest absolute Gasteiger partial charge is 0.141 e. The number of fused-ring (bicyclic) bond motifs is 1. The topological polar surface area (TPSA) is 50.8 Å². The summed E-state index contributed by atoms with van der Waals surface area (Å²) in [5.41, 5.74) is 3.14. The third kappa shape index (κ3) is 2.25. The van der Waals surface area contributed by atoms with Crippen LogP contribution < -0.4 is 4.74 Å². The van der Waals surface area contributed by atoms with Gasteiger partial charge in [-0.3, -0.25) is 0 Å². The van der Waals surface area contributed by atoms with Crippen LogP contribution in [0.15, 0.2) is 36.7 Å². The summed E-state index contributed by atoms with van der Waals surface area (Å²) >= 11 is 0. The standard InChI is InChI=1S/C16H17N3O/c1-3-4-15-17-10-14-13(9-18-16(14)19-15)11-5-7-12(20-2)8-6-11/h5-10H,3-4H2,1-2H3,(H,17,18,19). The average molecular weight is 267 g/mol. The molecule has 0 saturated carbocycles. The van der Waals surface area contributed by atoms with Gasteiger partial charge in [0.05, 0.1) is 7.11 Å². The number of benzene rings is 1. The van der Waals surface area contributed by atoms with Gasteiger partial charge in [-0.2, -0.15) is 0 Å². The lowest BCUT2D eigenvalue weighted by molar-refractivity contribution is 0.415. The Morgan fingerprint density at radius 2 is 2.00 bits per heavy atom. The summed E-state index contributed by atoms with van der Waals surface area (Å²) in [4.78, 5) is 12.2. The van der Waals surface area contributed by atoms with Crippen molar-refractivity contribution in [1.29, 1.82) is 0 Å². The number of H-pyrrole nitrogens is 1. The van der Waals surface area contributed by atoms with Gasteiger partial charge in [0.1, 0.15) is 17.2 Å². The number of methoxy groups -OCH3 is 1. The van der Waals surface area contributed by atoms with Gasteiger partial charge in [-0.05, 0) is 24.1 Å². The molecule has 4 nitrogen and oxygen atoms in total. The molecule has 4 heteroatoms. The largest absolute Gasteiger partial charge is 0.497 e. The molecule has 0 fully saturated rings. The zero-order valence-corrected chi connectivity index (χ0v) is 11.7. The van der Waals surface area contributed by atoms with Gasteiger partial charge in [0.15, 0.2) is 0 Å². The maximum absolute atomic E-state index is 5.18. The van der Waals surface area contributed by atoms with Crippen LogP contribution in [0, 0.1) is 0 Å². The van der Waals surface area contributed by atoms with Crippen LogP contribution in [0.25, 0.3) is 22.2 Å². The van der Waals surface area contributed by atoms with Gasteiger partial charge in [0, 0.05) is 29.8 Å². The summed E-state index contributed by atoms with van der Waals surface area (Å²) in [6.45, 7) is 2.13. The van der Waals surface area contributed by atoms with Crippen LogP contribution >= 0.6 is 0 Å². The molecule has 1 N–H and O–H groups in total. The normalized spacial score (nSPS) is 10.9. The molecule has 1 aromatic carbocycles. The SMILES string of the molecule is CCCc1ncc2c(-c3ccc(OC)cc3)c[nH]c2n1. The predicted octanol–water partition coefficient (Wildman–Crippen LogP) is 3.59. The van der Waals surface area contributed by atoms with Crippen molar-refractivity contribution in [3.63, 3.8) is 0 Å². The van der Waals surface area contributed by atoms with E-state index in [9.17, 15) is 0 Å². The van der Waals surface area contributed by atoms with Crippen LogP contribution in [-0.4, -0.2) is 22.1 Å². The third-order valence-electron chi connectivity index (χ3n) is 3.36. The number of aromatic amines is 1. The lowest BCUT2D eigenvalue weighted by atomic mass is 10.1. The zero-order chi connectivity index (χ0) is 13.9. The Labute approximate surface area is 117 Å². The van der Waals surface area contributed by atoms with E-state index in [1.165, 1.54) is 0 Å². The quantitative estimate of drug-likeness (QED) is 0.786. The zero-order valence-electron chi connectivity index (χ0n) is 11.7. The van der Waals surface area contributed by atoms with E-state index in [-0.39, 0.29) is 0 Å². The number of ether oxygens (including phenoxy) is 1. The molecular formula is C16H17N3O. The van der Waals surface area contributed by atoms with Crippen LogP contribution in [0.1, 0.15) is 19.2 Å². The summed E-state index contributed by atoms with van der Waals surface area (Å²) in [7, 11) is 1.67. The molecule has 2 aromatic heterocycles. The highest BCUT2D eigenvalue weighted by Gasteiger charge is 2.08. The van der Waals surface area contributed by atoms with Crippen LogP contribution in [0.3, 0.4) is 0 Å². The van der Waals surface area contributed by atoms with Crippen molar-refractivity contribution in [2.75, 3.05) is 7.11 Å². The van der Waals surface area contributed by atoms with Crippen LogP contribution in [0.2, 0.25) is 0 Å². The minimum Gasteiger partial charge on any atom is -0.497 e. The first-order valence-electron chi connectivity index (χ1n) is 6.79. The second-order valence-electron chi connectivity index (χ2n) is 4.73. The lowest BCUT2D eigenvalue weighted by Gasteiger charge is -2.02. The van der Waals surface area contributed by atoms with Gasteiger partial charge >= 0.3 is 0 Å². The Morgan fingerprint density at radius 3 is 2.70 bits per heavy atom. The highest BCUT2D eigenvalue weighted by atomic mass is 16.5. The predicted molar refractivity (Wildman–Crippen MR) is 79.9 cm³/mol. The van der Waals surface area contributed by atoms with E-state index in [1.54, 1.807) is 7.11 Å². The van der Waals surface area contributed by atoms with E-state index in [2.05, 4.69) is 21.9 Å². The first-order valence-corrected chi connectivity index (χ1v) is 6.79. The summed E-state index contributed by atoms with van der Waals surface area (Å²) in [6.07, 6.45) is 5.85. The van der Waals surface area contributed by atoms with Crippen molar-refractivity contribution in [3.8, 4) is 16.9 Å². The molecule has 0 bridgehead atoms. The second-order valence-corrected chi connectivity index (χ2v) is 4.73. The van der Waals surface area contributed by atoms with Crippen LogP contribution in [-0.2, 0) is 6.42 Å². The van der Waals surface area contributed by atoms with E-state index in [0.29, 0.717) is 0 Å². The van der Waals surface area contributed by atoms with Crippen molar-refractivity contribution >= 4 is 11.0 Å². The maximum atomic E-state index is 5.18. The molecule has 0 saturated heterocycles. The number of aryl methyl sites for hydroxylation is 1. The number of nitrogens with zero attached hydrogens (tertiary/aromatic N) is 2. The molecule has 0 amide bonds. The maximum Gasteiger partial charge on any atom is 0.141 e. The third-order valence-corrected chi connectivity index (χ3v) is 3.36. The van der Waals surface area contributed by atoms with Crippen molar-refractivity contribution < 1.29 is 4.74 Å². The summed E-state index contributed by atoms with van der Waals surface area (Å²) in [6, 6.07) is 8.00. The molecular weight excluding hydrogens is 250 g/mol. The molecule has 3 aromatic rings. The molecule has 0 atom stereocenters. The molecule has 0 aliphatic rings. The molecule has 0 aliphatic carbocycles. The fourth-order valence-electron chi connectivity index (χ4n) is 2.30. The van der Waals surface area contributed by atoms with E-state index in [1.807, 2.05) is 36.7 Å². The van der Waals surface area contributed by atoms with Gasteiger partial charge in [0.2, 0.25) is 0 Å². The summed E-state index contributed by atoms with van der Waals surface area (Å²) in [5.74, 6) is 1.75. The van der Waals surface area contributed by atoms with Gasteiger partial charge < -0.3 is 9.72 Å². The monoisotopic (exact) mass is 267 g/mol. The fraction of sp³-hybridized carbons (Fsp3) is 0.250. The molecule has 2 heterocycles. The first kappa shape index (κ1) is 12.7. The van der Waals surface area contributed by atoms with E-state index in [4.69, 9.17) is 4.74 Å². The number of rotatable bonds is 4.